The van der Waals surface area contributed by atoms with Gasteiger partial charge in [0, 0.05) is 6.92 Å². The van der Waals surface area contributed by atoms with Crippen LogP contribution in [0.25, 0.3) is 0 Å². The topological polar surface area (TPSA) is 97.4 Å². The van der Waals surface area contributed by atoms with Gasteiger partial charge in [0.2, 0.25) is 0 Å². The summed E-state index contributed by atoms with van der Waals surface area (Å²) in [6.07, 6.45) is 1.77. The second kappa shape index (κ2) is 10.8. The van der Waals surface area contributed by atoms with E-state index in [1.54, 1.807) is 12.0 Å². The molecule has 0 radical (unpaired) electrons. The predicted molar refractivity (Wildman–Crippen MR) is 103 cm³/mol. The van der Waals surface area contributed by atoms with Crippen LogP contribution < -0.4 is 15.4 Å². The molecule has 0 fully saturated rings. The van der Waals surface area contributed by atoms with Crippen molar-refractivity contribution in [3.63, 3.8) is 0 Å². The number of rotatable bonds is 10. The van der Waals surface area contributed by atoms with Gasteiger partial charge in [-0.1, -0.05) is 41.6 Å². The predicted octanol–water partition coefficient (Wildman–Crippen LogP) is 3.28. The van der Waals surface area contributed by atoms with Crippen molar-refractivity contribution in [1.82, 2.24) is 5.06 Å². The van der Waals surface area contributed by atoms with E-state index >= 15 is 0 Å². The maximum atomic E-state index is 10.8. The number of carboxylic acid groups (broad SMARTS) is 1. The molecule has 144 valence electrons. The number of oxime groups is 1. The number of carboxylic acids is 1. The smallest absolute Gasteiger partial charge is 0.320 e. The number of hydroxylamine groups is 2. The average Bonchev–Trinajstić information content (AvgIpc) is 2.69. The van der Waals surface area contributed by atoms with Crippen LogP contribution in [0.5, 0.6) is 11.5 Å². The van der Waals surface area contributed by atoms with Crippen LogP contribution in [-0.2, 0) is 4.79 Å². The minimum absolute atomic E-state index is 0.408. The number of unbranched alkanes of at least 4 members (excludes halogenated alkanes) is 1. The van der Waals surface area contributed by atoms with Gasteiger partial charge in [0.1, 0.15) is 6.04 Å². The molecule has 0 bridgehead atoms. The third-order valence-electron chi connectivity index (χ3n) is 3.79. The molecular formula is C20H25N3O4. The summed E-state index contributed by atoms with van der Waals surface area (Å²) < 4.78 is 0. The van der Waals surface area contributed by atoms with Gasteiger partial charge in [0.15, 0.2) is 17.3 Å². The van der Waals surface area contributed by atoms with Gasteiger partial charge in [-0.15, -0.1) is 0 Å². The Hall–Kier alpha value is -3.06. The lowest BCUT2D eigenvalue weighted by Crippen LogP contribution is -2.34. The second-order valence-corrected chi connectivity index (χ2v) is 5.99. The van der Waals surface area contributed by atoms with Gasteiger partial charge in [-0.25, -0.2) is 0 Å². The van der Waals surface area contributed by atoms with Crippen molar-refractivity contribution >= 4 is 11.8 Å². The Labute approximate surface area is 158 Å². The zero-order chi connectivity index (χ0) is 19.5. The summed E-state index contributed by atoms with van der Waals surface area (Å²) in [5.74, 6) is 0.865. The number of aliphatic carboxylic acids is 1. The summed E-state index contributed by atoms with van der Waals surface area (Å²) in [4.78, 5) is 22.1. The number of amidine groups is 1. The molecule has 0 amide bonds. The molecule has 0 saturated carbocycles. The highest BCUT2D eigenvalue weighted by Gasteiger charge is 2.13. The van der Waals surface area contributed by atoms with Gasteiger partial charge in [0.25, 0.3) is 0 Å². The van der Waals surface area contributed by atoms with Crippen LogP contribution in [0.15, 0.2) is 65.8 Å². The van der Waals surface area contributed by atoms with E-state index in [0.29, 0.717) is 43.1 Å². The average molecular weight is 371 g/mol. The van der Waals surface area contributed by atoms with E-state index in [4.69, 9.17) is 20.5 Å². The Kier molecular flexibility index (Phi) is 8.12. The minimum Gasteiger partial charge on any atom is -0.480 e. The summed E-state index contributed by atoms with van der Waals surface area (Å²) >= 11 is 0. The van der Waals surface area contributed by atoms with Crippen LogP contribution in [0.2, 0.25) is 0 Å². The SMILES string of the molecule is CC(=NOc1ccccc1)N(CCCCC(N)C(=O)O)Oc1ccccc1. The maximum absolute atomic E-state index is 10.8. The van der Waals surface area contributed by atoms with Crippen LogP contribution in [0.3, 0.4) is 0 Å². The van der Waals surface area contributed by atoms with Crippen LogP contribution in [0, 0.1) is 0 Å². The number of hydrogen-bond donors (Lipinski definition) is 2. The van der Waals surface area contributed by atoms with Crippen LogP contribution in [-0.4, -0.2) is 34.6 Å². The monoisotopic (exact) mass is 371 g/mol. The summed E-state index contributed by atoms with van der Waals surface area (Å²) in [6, 6.07) is 17.8. The maximum Gasteiger partial charge on any atom is 0.320 e. The van der Waals surface area contributed by atoms with E-state index < -0.39 is 12.0 Å². The molecule has 0 aliphatic carbocycles. The Morgan fingerprint density at radius 2 is 1.67 bits per heavy atom. The van der Waals surface area contributed by atoms with Gasteiger partial charge in [-0.3, -0.25) is 4.79 Å². The van der Waals surface area contributed by atoms with Crippen molar-refractivity contribution in [3.8, 4) is 11.5 Å². The molecule has 1 atom stereocenters. The van der Waals surface area contributed by atoms with Crippen molar-refractivity contribution in [2.24, 2.45) is 10.9 Å². The fourth-order valence-corrected chi connectivity index (χ4v) is 2.27. The molecule has 2 aromatic rings. The van der Waals surface area contributed by atoms with Crippen LogP contribution in [0.4, 0.5) is 0 Å². The summed E-state index contributed by atoms with van der Waals surface area (Å²) in [6.45, 7) is 2.31. The lowest BCUT2D eigenvalue weighted by atomic mass is 10.1. The Bertz CT molecular complexity index is 723. The van der Waals surface area contributed by atoms with Crippen molar-refractivity contribution in [2.45, 2.75) is 32.2 Å². The lowest BCUT2D eigenvalue weighted by molar-refractivity contribution is -0.138. The molecule has 0 aliphatic rings. The van der Waals surface area contributed by atoms with Gasteiger partial charge >= 0.3 is 5.97 Å². The standard InChI is InChI=1S/C20H25N3O4/c1-16(22-26-17-10-4-2-5-11-17)23(27-18-12-6-3-7-13-18)15-9-8-14-19(21)20(24)25/h2-7,10-13,19H,8-9,14-15,21H2,1H3,(H,24,25). The van der Waals surface area contributed by atoms with Crippen molar-refractivity contribution in [1.29, 1.82) is 0 Å². The fourth-order valence-electron chi connectivity index (χ4n) is 2.27. The molecular weight excluding hydrogens is 346 g/mol. The molecule has 0 saturated heterocycles. The largest absolute Gasteiger partial charge is 0.480 e. The molecule has 0 aliphatic heterocycles. The first-order valence-electron chi connectivity index (χ1n) is 8.82. The molecule has 3 N–H and O–H groups in total. The fraction of sp³-hybridized carbons (Fsp3) is 0.300. The number of benzene rings is 2. The normalized spacial score (nSPS) is 12.3. The molecule has 0 heterocycles. The van der Waals surface area contributed by atoms with E-state index in [0.717, 1.165) is 0 Å². The van der Waals surface area contributed by atoms with Crippen molar-refractivity contribution in [2.75, 3.05) is 6.54 Å². The van der Waals surface area contributed by atoms with Crippen molar-refractivity contribution < 1.29 is 19.6 Å². The quantitative estimate of drug-likeness (QED) is 0.288. The summed E-state index contributed by atoms with van der Waals surface area (Å²) in [5.41, 5.74) is 5.54. The number of carbonyl (C=O) groups is 1. The van der Waals surface area contributed by atoms with Crippen LogP contribution >= 0.6 is 0 Å². The zero-order valence-electron chi connectivity index (χ0n) is 15.3. The number of hydrogen-bond acceptors (Lipinski definition) is 5. The van der Waals surface area contributed by atoms with E-state index in [2.05, 4.69) is 5.16 Å². The molecule has 27 heavy (non-hydrogen) atoms. The summed E-state index contributed by atoms with van der Waals surface area (Å²) in [7, 11) is 0. The minimum atomic E-state index is -0.985. The van der Waals surface area contributed by atoms with Gasteiger partial charge in [-0.2, -0.15) is 5.06 Å². The highest BCUT2D eigenvalue weighted by Crippen LogP contribution is 2.14. The Morgan fingerprint density at radius 1 is 1.07 bits per heavy atom. The van der Waals surface area contributed by atoms with Crippen LogP contribution in [0.1, 0.15) is 26.2 Å². The first kappa shape index (κ1) is 20.3. The third kappa shape index (κ3) is 7.37. The molecule has 7 heteroatoms. The van der Waals surface area contributed by atoms with Crippen molar-refractivity contribution in [3.05, 3.63) is 60.7 Å². The second-order valence-electron chi connectivity index (χ2n) is 5.99. The highest BCUT2D eigenvalue weighted by molar-refractivity contribution is 5.78. The third-order valence-corrected chi connectivity index (χ3v) is 3.79. The van der Waals surface area contributed by atoms with E-state index in [1.807, 2.05) is 60.7 Å². The number of nitrogens with zero attached hydrogens (tertiary/aromatic N) is 2. The molecule has 1 unspecified atom stereocenters. The Balaban J connectivity index is 1.96. The lowest BCUT2D eigenvalue weighted by Gasteiger charge is -2.23. The molecule has 2 aromatic carbocycles. The molecule has 2 rings (SSSR count). The number of nitrogens with two attached hydrogens (primary N) is 1. The van der Waals surface area contributed by atoms with Gasteiger partial charge < -0.3 is 20.5 Å². The first-order valence-corrected chi connectivity index (χ1v) is 8.82. The first-order chi connectivity index (χ1) is 13.1. The molecule has 0 aromatic heterocycles. The van der Waals surface area contributed by atoms with Gasteiger partial charge in [0.05, 0.1) is 6.54 Å². The molecule has 7 nitrogen and oxygen atoms in total. The molecule has 0 spiro atoms. The van der Waals surface area contributed by atoms with Gasteiger partial charge in [-0.05, 0) is 43.5 Å². The Morgan fingerprint density at radius 3 is 2.26 bits per heavy atom. The van der Waals surface area contributed by atoms with E-state index in [9.17, 15) is 4.79 Å². The van der Waals surface area contributed by atoms with E-state index in [1.165, 1.54) is 0 Å². The zero-order valence-corrected chi connectivity index (χ0v) is 15.3. The highest BCUT2D eigenvalue weighted by atomic mass is 16.7. The van der Waals surface area contributed by atoms with E-state index in [-0.39, 0.29) is 0 Å². The number of para-hydroxylation sites is 2. The summed E-state index contributed by atoms with van der Waals surface area (Å²) in [5, 5.41) is 14.6.